The van der Waals surface area contributed by atoms with Gasteiger partial charge >= 0.3 is 0 Å². The number of benzene rings is 4. The summed E-state index contributed by atoms with van der Waals surface area (Å²) < 4.78 is 0. The van der Waals surface area contributed by atoms with Gasteiger partial charge in [0.25, 0.3) is 0 Å². The average Bonchev–Trinajstić information content (AvgIpc) is 3.03. The highest BCUT2D eigenvalue weighted by molar-refractivity contribution is 6.30. The normalized spacial score (nSPS) is 11.8. The van der Waals surface area contributed by atoms with Crippen LogP contribution in [-0.2, 0) is 0 Å². The molecule has 2 nitrogen and oxygen atoms in total. The molecular formula is C19H12N2. The smallest absolute Gasteiger partial charge is 0.0967 e. The Bertz CT molecular complexity index is 1100. The van der Waals surface area contributed by atoms with E-state index in [-0.39, 0.29) is 0 Å². The molecule has 0 fully saturated rings. The number of aromatic amines is 1. The van der Waals surface area contributed by atoms with Crippen molar-refractivity contribution in [2.75, 3.05) is 0 Å². The van der Waals surface area contributed by atoms with E-state index in [0.717, 1.165) is 11.0 Å². The van der Waals surface area contributed by atoms with Crippen LogP contribution in [0.2, 0.25) is 0 Å². The lowest BCUT2D eigenvalue weighted by molar-refractivity contribution is 1.35. The van der Waals surface area contributed by atoms with Crippen molar-refractivity contribution in [1.82, 2.24) is 9.97 Å². The number of hydrogen-bond acceptors (Lipinski definition) is 1. The fraction of sp³-hybridized carbons (Fsp3) is 0. The molecule has 0 aliphatic carbocycles. The van der Waals surface area contributed by atoms with Crippen LogP contribution in [-0.4, -0.2) is 9.97 Å². The Morgan fingerprint density at radius 3 is 1.90 bits per heavy atom. The SMILES string of the molecule is c1ccc2c(c1)c1ccccc1c1c2ccc2[nH]cnc21. The van der Waals surface area contributed by atoms with Gasteiger partial charge in [-0.2, -0.15) is 0 Å². The lowest BCUT2D eigenvalue weighted by atomic mass is 9.94. The number of nitrogens with one attached hydrogen (secondary N) is 1. The third-order valence-electron chi connectivity index (χ3n) is 4.30. The second-order valence-electron chi connectivity index (χ2n) is 5.38. The molecule has 98 valence electrons. The van der Waals surface area contributed by atoms with Gasteiger partial charge in [-0.05, 0) is 33.0 Å². The summed E-state index contributed by atoms with van der Waals surface area (Å²) in [5.74, 6) is 0. The summed E-state index contributed by atoms with van der Waals surface area (Å²) in [6.45, 7) is 0. The molecule has 0 saturated heterocycles. The maximum Gasteiger partial charge on any atom is 0.0967 e. The van der Waals surface area contributed by atoms with Crippen molar-refractivity contribution < 1.29 is 0 Å². The predicted molar refractivity (Wildman–Crippen MR) is 88.6 cm³/mol. The van der Waals surface area contributed by atoms with Crippen molar-refractivity contribution in [1.29, 1.82) is 0 Å². The van der Waals surface area contributed by atoms with E-state index in [2.05, 4.69) is 70.6 Å². The molecule has 5 aromatic rings. The molecular weight excluding hydrogens is 256 g/mol. The standard InChI is InChI=1S/C19H12N2/c1-2-7-14-12(5-1)13-6-3-4-8-15(13)18-16(14)9-10-17-19(18)21-11-20-17/h1-11H,(H,20,21). The second kappa shape index (κ2) is 3.83. The van der Waals surface area contributed by atoms with Gasteiger partial charge in [0, 0.05) is 5.39 Å². The van der Waals surface area contributed by atoms with Crippen LogP contribution in [0.25, 0.3) is 43.4 Å². The van der Waals surface area contributed by atoms with Crippen LogP contribution < -0.4 is 0 Å². The van der Waals surface area contributed by atoms with Gasteiger partial charge in [-0.15, -0.1) is 0 Å². The number of aromatic nitrogens is 2. The van der Waals surface area contributed by atoms with Gasteiger partial charge in [0.1, 0.15) is 0 Å². The minimum Gasteiger partial charge on any atom is -0.345 e. The maximum atomic E-state index is 4.55. The van der Waals surface area contributed by atoms with E-state index < -0.39 is 0 Å². The molecule has 0 unspecified atom stereocenters. The lowest BCUT2D eigenvalue weighted by Crippen LogP contribution is -1.84. The molecule has 0 atom stereocenters. The molecule has 21 heavy (non-hydrogen) atoms. The lowest BCUT2D eigenvalue weighted by Gasteiger charge is -2.10. The molecule has 0 aliphatic rings. The fourth-order valence-corrected chi connectivity index (χ4v) is 3.39. The summed E-state index contributed by atoms with van der Waals surface area (Å²) in [7, 11) is 0. The van der Waals surface area contributed by atoms with Crippen molar-refractivity contribution in [3.05, 3.63) is 67.0 Å². The molecule has 5 rings (SSSR count). The Morgan fingerprint density at radius 1 is 0.619 bits per heavy atom. The molecule has 1 aromatic heterocycles. The Morgan fingerprint density at radius 2 is 1.19 bits per heavy atom. The van der Waals surface area contributed by atoms with Crippen LogP contribution in [0.3, 0.4) is 0 Å². The molecule has 0 aliphatic heterocycles. The largest absolute Gasteiger partial charge is 0.345 e. The number of nitrogens with zero attached hydrogens (tertiary/aromatic N) is 1. The van der Waals surface area contributed by atoms with Crippen molar-refractivity contribution in [3.8, 4) is 0 Å². The maximum absolute atomic E-state index is 4.55. The first-order valence-corrected chi connectivity index (χ1v) is 7.09. The zero-order valence-electron chi connectivity index (χ0n) is 11.3. The van der Waals surface area contributed by atoms with Crippen LogP contribution in [0, 0.1) is 0 Å². The van der Waals surface area contributed by atoms with Crippen LogP contribution in [0.15, 0.2) is 67.0 Å². The third kappa shape index (κ3) is 1.34. The number of hydrogen-bond donors (Lipinski definition) is 1. The Labute approximate surface area is 121 Å². The molecule has 1 heterocycles. The number of imidazole rings is 1. The van der Waals surface area contributed by atoms with Gasteiger partial charge < -0.3 is 4.98 Å². The average molecular weight is 268 g/mol. The molecule has 0 spiro atoms. The van der Waals surface area contributed by atoms with Crippen LogP contribution in [0.1, 0.15) is 0 Å². The van der Waals surface area contributed by atoms with Crippen molar-refractivity contribution >= 4 is 43.4 Å². The van der Waals surface area contributed by atoms with Gasteiger partial charge in [0.15, 0.2) is 0 Å². The minimum absolute atomic E-state index is 1.05. The van der Waals surface area contributed by atoms with Gasteiger partial charge in [-0.1, -0.05) is 54.6 Å². The molecule has 4 aromatic carbocycles. The van der Waals surface area contributed by atoms with E-state index >= 15 is 0 Å². The molecule has 0 amide bonds. The van der Waals surface area contributed by atoms with E-state index in [1.807, 2.05) is 0 Å². The van der Waals surface area contributed by atoms with Crippen LogP contribution >= 0.6 is 0 Å². The molecule has 0 radical (unpaired) electrons. The van der Waals surface area contributed by atoms with E-state index in [4.69, 9.17) is 0 Å². The second-order valence-corrected chi connectivity index (χ2v) is 5.38. The van der Waals surface area contributed by atoms with Gasteiger partial charge in [0.05, 0.1) is 17.4 Å². The summed E-state index contributed by atoms with van der Waals surface area (Å²) in [6.07, 6.45) is 1.77. The summed E-state index contributed by atoms with van der Waals surface area (Å²) in [4.78, 5) is 7.76. The summed E-state index contributed by atoms with van der Waals surface area (Å²) >= 11 is 0. The zero-order chi connectivity index (χ0) is 13.8. The first kappa shape index (κ1) is 10.9. The third-order valence-corrected chi connectivity index (χ3v) is 4.30. The fourth-order valence-electron chi connectivity index (χ4n) is 3.39. The number of fused-ring (bicyclic) bond motifs is 8. The minimum atomic E-state index is 1.05. The van der Waals surface area contributed by atoms with Gasteiger partial charge in [0.2, 0.25) is 0 Å². The monoisotopic (exact) mass is 268 g/mol. The van der Waals surface area contributed by atoms with E-state index in [1.54, 1.807) is 6.33 Å². The number of H-pyrrole nitrogens is 1. The van der Waals surface area contributed by atoms with E-state index in [9.17, 15) is 0 Å². The highest BCUT2D eigenvalue weighted by atomic mass is 14.9. The predicted octanol–water partition coefficient (Wildman–Crippen LogP) is 5.02. The van der Waals surface area contributed by atoms with Crippen LogP contribution in [0.5, 0.6) is 0 Å². The first-order valence-electron chi connectivity index (χ1n) is 7.09. The summed E-state index contributed by atoms with van der Waals surface area (Å²) in [5, 5.41) is 7.65. The topological polar surface area (TPSA) is 28.7 Å². The summed E-state index contributed by atoms with van der Waals surface area (Å²) in [5.41, 5.74) is 2.14. The van der Waals surface area contributed by atoms with Gasteiger partial charge in [-0.3, -0.25) is 0 Å². The van der Waals surface area contributed by atoms with Gasteiger partial charge in [-0.25, -0.2) is 4.98 Å². The van der Waals surface area contributed by atoms with Crippen LogP contribution in [0.4, 0.5) is 0 Å². The Hall–Kier alpha value is -2.87. The molecule has 0 bridgehead atoms. The van der Waals surface area contributed by atoms with Crippen molar-refractivity contribution in [2.45, 2.75) is 0 Å². The Kier molecular flexibility index (Phi) is 1.98. The first-order chi connectivity index (χ1) is 10.4. The quantitative estimate of drug-likeness (QED) is 0.392. The molecule has 2 heteroatoms. The zero-order valence-corrected chi connectivity index (χ0v) is 11.3. The molecule has 1 N–H and O–H groups in total. The molecule has 0 saturated carbocycles. The highest BCUT2D eigenvalue weighted by Gasteiger charge is 2.11. The van der Waals surface area contributed by atoms with Crippen molar-refractivity contribution in [3.63, 3.8) is 0 Å². The van der Waals surface area contributed by atoms with E-state index in [1.165, 1.54) is 32.3 Å². The Balaban J connectivity index is 2.26. The van der Waals surface area contributed by atoms with Crippen molar-refractivity contribution in [2.24, 2.45) is 0 Å². The van der Waals surface area contributed by atoms with E-state index in [0.29, 0.717) is 0 Å². The highest BCUT2D eigenvalue weighted by Crippen LogP contribution is 2.37. The summed E-state index contributed by atoms with van der Waals surface area (Å²) in [6, 6.07) is 21.5. The number of rotatable bonds is 0.